The topological polar surface area (TPSA) is 28.7 Å². The monoisotopic (exact) mass is 264 g/mol. The van der Waals surface area contributed by atoms with Crippen LogP contribution in [0.1, 0.15) is 5.56 Å². The summed E-state index contributed by atoms with van der Waals surface area (Å²) in [5, 5.41) is 12.2. The Kier molecular flexibility index (Phi) is 3.26. The molecule has 3 rings (SSSR count). The van der Waals surface area contributed by atoms with Crippen LogP contribution in [0.15, 0.2) is 65.7 Å². The Hall–Kier alpha value is -2.18. The van der Waals surface area contributed by atoms with Crippen molar-refractivity contribution < 1.29 is 0 Å². The molecule has 0 amide bonds. The van der Waals surface area contributed by atoms with Crippen LogP contribution in [-0.4, -0.2) is 4.57 Å². The number of nitrogens with zero attached hydrogens (tertiary/aromatic N) is 2. The highest BCUT2D eigenvalue weighted by atomic mass is 32.2. The van der Waals surface area contributed by atoms with Crippen LogP contribution in [0, 0.1) is 10.7 Å². The summed E-state index contributed by atoms with van der Waals surface area (Å²) in [5.74, 6) is 0. The summed E-state index contributed by atoms with van der Waals surface area (Å²) < 4.78 is 2.20. The van der Waals surface area contributed by atoms with E-state index in [-0.39, 0.29) is 0 Å². The molecule has 2 nitrogen and oxygen atoms in total. The number of para-hydroxylation sites is 1. The van der Waals surface area contributed by atoms with Crippen LogP contribution >= 0.6 is 11.8 Å². The summed E-state index contributed by atoms with van der Waals surface area (Å²) in [6.07, 6.45) is 2.06. The molecule has 0 aliphatic heterocycles. The average molecular weight is 264 g/mol. The van der Waals surface area contributed by atoms with Gasteiger partial charge in [-0.05, 0) is 23.4 Å². The predicted octanol–water partition coefficient (Wildman–Crippen LogP) is 4.26. The van der Waals surface area contributed by atoms with Gasteiger partial charge in [-0.25, -0.2) is 0 Å². The molecule has 2 aromatic carbocycles. The molecule has 1 aromatic heterocycles. The Morgan fingerprint density at radius 1 is 1.00 bits per heavy atom. The smallest absolute Gasteiger partial charge is 0.138 e. The van der Waals surface area contributed by atoms with E-state index in [9.17, 15) is 0 Å². The fourth-order valence-corrected chi connectivity index (χ4v) is 2.82. The standard InChI is InChI=1S/C16H12N2S/c17-12-19-16-11-18(10-13-6-2-1-3-7-13)15-9-5-4-8-14(15)16/h1-9,11H,10H2. The van der Waals surface area contributed by atoms with Gasteiger partial charge in [0.2, 0.25) is 0 Å². The number of thiocyanates is 1. The zero-order valence-corrected chi connectivity index (χ0v) is 11.1. The van der Waals surface area contributed by atoms with Crippen LogP contribution in [0.5, 0.6) is 0 Å². The van der Waals surface area contributed by atoms with E-state index in [0.717, 1.165) is 16.8 Å². The van der Waals surface area contributed by atoms with Gasteiger partial charge in [-0.15, -0.1) is 0 Å². The Balaban J connectivity index is 2.07. The van der Waals surface area contributed by atoms with E-state index in [0.29, 0.717) is 0 Å². The summed E-state index contributed by atoms with van der Waals surface area (Å²) in [7, 11) is 0. The lowest BCUT2D eigenvalue weighted by Crippen LogP contribution is -1.97. The summed E-state index contributed by atoms with van der Waals surface area (Å²) in [5.41, 5.74) is 2.43. The Morgan fingerprint density at radius 2 is 1.74 bits per heavy atom. The quantitative estimate of drug-likeness (QED) is 0.522. The molecule has 0 radical (unpaired) electrons. The lowest BCUT2D eigenvalue weighted by molar-refractivity contribution is 0.830. The van der Waals surface area contributed by atoms with E-state index in [1.54, 1.807) is 0 Å². The summed E-state index contributed by atoms with van der Waals surface area (Å²) in [4.78, 5) is 1.02. The third-order valence-corrected chi connectivity index (χ3v) is 3.74. The van der Waals surface area contributed by atoms with Gasteiger partial charge in [0.05, 0.1) is 0 Å². The number of fused-ring (bicyclic) bond motifs is 1. The van der Waals surface area contributed by atoms with Crippen molar-refractivity contribution in [2.24, 2.45) is 0 Å². The van der Waals surface area contributed by atoms with E-state index in [1.807, 2.05) is 30.3 Å². The molecular weight excluding hydrogens is 252 g/mol. The first-order valence-corrected chi connectivity index (χ1v) is 6.88. The van der Waals surface area contributed by atoms with Crippen LogP contribution in [-0.2, 0) is 6.54 Å². The third-order valence-electron chi connectivity index (χ3n) is 3.10. The van der Waals surface area contributed by atoms with Crippen molar-refractivity contribution in [3.05, 3.63) is 66.4 Å². The van der Waals surface area contributed by atoms with Crippen LogP contribution < -0.4 is 0 Å². The number of hydrogen-bond donors (Lipinski definition) is 0. The Labute approximate surface area is 116 Å². The van der Waals surface area contributed by atoms with Crippen molar-refractivity contribution in [3.8, 4) is 5.40 Å². The van der Waals surface area contributed by atoms with Gasteiger partial charge in [0, 0.05) is 28.5 Å². The minimum absolute atomic E-state index is 0.827. The van der Waals surface area contributed by atoms with Crippen molar-refractivity contribution in [2.45, 2.75) is 11.4 Å². The van der Waals surface area contributed by atoms with E-state index >= 15 is 0 Å². The summed E-state index contributed by atoms with van der Waals surface area (Å²) in [6, 6.07) is 18.6. The van der Waals surface area contributed by atoms with Gasteiger partial charge in [-0.3, -0.25) is 0 Å². The molecule has 3 heteroatoms. The molecule has 0 aliphatic carbocycles. The van der Waals surface area contributed by atoms with E-state index in [1.165, 1.54) is 22.8 Å². The molecule has 0 N–H and O–H groups in total. The molecule has 0 unspecified atom stereocenters. The van der Waals surface area contributed by atoms with Crippen LogP contribution in [0.2, 0.25) is 0 Å². The highest BCUT2D eigenvalue weighted by Crippen LogP contribution is 2.29. The van der Waals surface area contributed by atoms with E-state index in [2.05, 4.69) is 40.4 Å². The van der Waals surface area contributed by atoms with Crippen molar-refractivity contribution >= 4 is 22.7 Å². The van der Waals surface area contributed by atoms with Gasteiger partial charge < -0.3 is 4.57 Å². The first-order valence-electron chi connectivity index (χ1n) is 6.06. The average Bonchev–Trinajstić information content (AvgIpc) is 2.79. The molecule has 3 aromatic rings. The number of aromatic nitrogens is 1. The lowest BCUT2D eigenvalue weighted by atomic mass is 10.2. The molecule has 19 heavy (non-hydrogen) atoms. The number of benzene rings is 2. The van der Waals surface area contributed by atoms with Gasteiger partial charge in [-0.1, -0.05) is 48.5 Å². The molecule has 92 valence electrons. The van der Waals surface area contributed by atoms with Crippen LogP contribution in [0.3, 0.4) is 0 Å². The molecule has 0 spiro atoms. The number of rotatable bonds is 3. The predicted molar refractivity (Wildman–Crippen MR) is 79.0 cm³/mol. The Bertz CT molecular complexity index is 738. The number of thioether (sulfide) groups is 1. The fraction of sp³-hybridized carbons (Fsp3) is 0.0625. The number of nitriles is 1. The number of hydrogen-bond acceptors (Lipinski definition) is 2. The molecule has 0 fully saturated rings. The normalized spacial score (nSPS) is 10.5. The Morgan fingerprint density at radius 3 is 2.53 bits per heavy atom. The highest BCUT2D eigenvalue weighted by Gasteiger charge is 2.08. The maximum absolute atomic E-state index is 8.88. The fourth-order valence-electron chi connectivity index (χ4n) is 2.25. The molecule has 0 saturated carbocycles. The first-order chi connectivity index (χ1) is 9.38. The molecular formula is C16H12N2S. The molecule has 0 atom stereocenters. The van der Waals surface area contributed by atoms with E-state index in [4.69, 9.17) is 5.26 Å². The van der Waals surface area contributed by atoms with Crippen molar-refractivity contribution in [1.29, 1.82) is 5.26 Å². The van der Waals surface area contributed by atoms with Crippen LogP contribution in [0.25, 0.3) is 10.9 Å². The zero-order chi connectivity index (χ0) is 13.1. The first kappa shape index (κ1) is 11.9. The molecule has 0 bridgehead atoms. The van der Waals surface area contributed by atoms with Gasteiger partial charge in [0.1, 0.15) is 5.40 Å². The summed E-state index contributed by atoms with van der Waals surface area (Å²) >= 11 is 1.22. The van der Waals surface area contributed by atoms with Crippen molar-refractivity contribution in [1.82, 2.24) is 4.57 Å². The molecule has 1 heterocycles. The van der Waals surface area contributed by atoms with Crippen molar-refractivity contribution in [2.75, 3.05) is 0 Å². The van der Waals surface area contributed by atoms with Gasteiger partial charge in [-0.2, -0.15) is 5.26 Å². The lowest BCUT2D eigenvalue weighted by Gasteiger charge is -2.04. The second-order valence-corrected chi connectivity index (χ2v) is 5.14. The molecule has 0 aliphatic rings. The van der Waals surface area contributed by atoms with Gasteiger partial charge >= 0.3 is 0 Å². The van der Waals surface area contributed by atoms with Gasteiger partial charge in [0.25, 0.3) is 0 Å². The maximum atomic E-state index is 8.88. The summed E-state index contributed by atoms with van der Waals surface area (Å²) in [6.45, 7) is 0.827. The highest BCUT2D eigenvalue weighted by molar-refractivity contribution is 8.04. The molecule has 0 saturated heterocycles. The maximum Gasteiger partial charge on any atom is 0.138 e. The SMILES string of the molecule is N#CSc1cn(Cc2ccccc2)c2ccccc12. The van der Waals surface area contributed by atoms with E-state index < -0.39 is 0 Å². The minimum Gasteiger partial charge on any atom is -0.342 e. The van der Waals surface area contributed by atoms with Crippen LogP contribution in [0.4, 0.5) is 0 Å². The third kappa shape index (κ3) is 2.35. The second kappa shape index (κ2) is 5.21. The van der Waals surface area contributed by atoms with Gasteiger partial charge in [0.15, 0.2) is 0 Å². The largest absolute Gasteiger partial charge is 0.342 e. The zero-order valence-electron chi connectivity index (χ0n) is 10.3. The minimum atomic E-state index is 0.827. The second-order valence-electron chi connectivity index (χ2n) is 4.32. The van der Waals surface area contributed by atoms with Crippen molar-refractivity contribution in [3.63, 3.8) is 0 Å².